The monoisotopic (exact) mass is 2000 g/mol. The lowest BCUT2D eigenvalue weighted by molar-refractivity contribution is -0.127. The number of fused-ring (bicyclic) bond motifs is 3. The van der Waals surface area contributed by atoms with Crippen LogP contribution in [0.4, 0.5) is 47.8 Å². The van der Waals surface area contributed by atoms with E-state index in [0.29, 0.717) is 50.8 Å². The molecule has 3 amide bonds. The maximum atomic E-state index is 15.5. The number of rotatable bonds is 15. The molecule has 3 saturated heterocycles. The summed E-state index contributed by atoms with van der Waals surface area (Å²) in [4.78, 5) is 117. The van der Waals surface area contributed by atoms with Gasteiger partial charge in [0.25, 0.3) is 16.7 Å². The van der Waals surface area contributed by atoms with E-state index in [1.807, 2.05) is 59.8 Å². The summed E-state index contributed by atoms with van der Waals surface area (Å²) in [5, 5.41) is 57.3. The summed E-state index contributed by atoms with van der Waals surface area (Å²) < 4.78 is 111. The third kappa shape index (κ3) is 17.7. The highest BCUT2D eigenvalue weighted by Gasteiger charge is 2.39. The first-order valence-corrected chi connectivity index (χ1v) is 44.1. The quantitative estimate of drug-likeness (QED) is 0.0371. The van der Waals surface area contributed by atoms with Crippen LogP contribution in [-0.2, 0) is 14.4 Å². The van der Waals surface area contributed by atoms with Gasteiger partial charge in [0.2, 0.25) is 17.7 Å². The van der Waals surface area contributed by atoms with Gasteiger partial charge in [-0.3, -0.25) is 57.4 Å². The second kappa shape index (κ2) is 39.8. The first-order chi connectivity index (χ1) is 64.0. The molecule has 12 heterocycles. The fourth-order valence-corrected chi connectivity index (χ4v) is 18.0. The van der Waals surface area contributed by atoms with E-state index in [1.54, 1.807) is 87.0 Å². The lowest BCUT2D eigenvalue weighted by atomic mass is 10.0. The minimum Gasteiger partial charge on any atom is -0.504 e. The van der Waals surface area contributed by atoms with Crippen molar-refractivity contribution in [2.24, 2.45) is 0 Å². The fraction of sp³-hybridized carbons (Fsp3) is 0.258. The maximum Gasteiger partial charge on any atom is 0.276 e. The number of carbonyl (C=O) groups excluding carboxylic acids is 3. The Kier molecular flexibility index (Phi) is 29.3. The summed E-state index contributed by atoms with van der Waals surface area (Å²) in [6, 6.07) is 15.1. The minimum atomic E-state index is -1.75. The number of nitriles is 3. The molecular weight excluding hydrogens is 1930 g/mol. The number of phenols is 3. The molecule has 3 aliphatic heterocycles. The van der Waals surface area contributed by atoms with Crippen LogP contribution in [0, 0.1) is 95.5 Å². The molecule has 15 rings (SSSR count). The van der Waals surface area contributed by atoms with E-state index in [0.717, 1.165) is 4.57 Å². The largest absolute Gasteiger partial charge is 0.504 e. The molecule has 42 heteroatoms. The highest BCUT2D eigenvalue weighted by Crippen LogP contribution is 2.50. The molecule has 9 aromatic heterocycles. The van der Waals surface area contributed by atoms with Crippen molar-refractivity contribution in [2.45, 2.75) is 80.1 Å². The van der Waals surface area contributed by atoms with Crippen molar-refractivity contribution in [3.63, 3.8) is 0 Å². The molecule has 0 aliphatic carbocycles. The number of pyridine rings is 9. The standard InChI is InChI=1S/2C31H25Cl3F2N6O3.C31H25Cl2F3N6O3/c2*1-5-19(43)40-8-10-41(11-9-40)28-16-12-18(32)26(20-23(35)21(33)22(34)29(44)24(20)36)39-30(16)42(31(45)17(28)13-37)27-15(4)6-7-38-25(27)14(2)3;1-5-19(43)40-8-10-41(11-9-40)28-16-12-18(32)26(20-22(34)24(36)21(33)29(44)23(20)35)39-30(16)42(31(45)17(28)13-37)27-15(4)6-7-38-25(27)14(2)3/h3*5-7,12,14,44H,1,8-11H2,2-4H3. The first kappa shape index (κ1) is 99.4. The summed E-state index contributed by atoms with van der Waals surface area (Å²) in [5.74, 6) is -15.6. The Balaban J connectivity index is 0.000000171. The molecule has 0 unspecified atom stereocenters. The van der Waals surface area contributed by atoms with Gasteiger partial charge in [-0.25, -0.2) is 45.7 Å². The van der Waals surface area contributed by atoms with Gasteiger partial charge in [-0.1, -0.05) is 154 Å². The number of anilines is 3. The molecular formula is C93H75Cl8F7N18O9. The van der Waals surface area contributed by atoms with Gasteiger partial charge in [0.05, 0.1) is 110 Å². The summed E-state index contributed by atoms with van der Waals surface area (Å²) in [7, 11) is 0. The van der Waals surface area contributed by atoms with Crippen LogP contribution in [0.25, 0.3) is 83.9 Å². The van der Waals surface area contributed by atoms with Crippen molar-refractivity contribution in [3.05, 3.63) is 255 Å². The number of halogens is 15. The second-order valence-electron chi connectivity index (χ2n) is 32.0. The summed E-state index contributed by atoms with van der Waals surface area (Å²) in [6.45, 7) is 30.0. The molecule has 3 aliphatic rings. The lowest BCUT2D eigenvalue weighted by Crippen LogP contribution is -2.49. The van der Waals surface area contributed by atoms with Crippen molar-refractivity contribution in [2.75, 3.05) is 93.2 Å². The molecule has 0 spiro atoms. The van der Waals surface area contributed by atoms with Crippen molar-refractivity contribution in [1.29, 1.82) is 15.8 Å². The van der Waals surface area contributed by atoms with Crippen LogP contribution in [-0.4, -0.2) is 170 Å². The number of nitrogens with zero attached hydrogens (tertiary/aromatic N) is 18. The van der Waals surface area contributed by atoms with Gasteiger partial charge in [0.15, 0.2) is 58.0 Å². The Morgan fingerprint density at radius 3 is 0.859 bits per heavy atom. The molecule has 0 bridgehead atoms. The van der Waals surface area contributed by atoms with Gasteiger partial charge in [-0.05, 0) is 110 Å². The molecule has 27 nitrogen and oxygen atoms in total. The SMILES string of the molecule is C=CC(=O)N1CCN(c2c(C#N)c(=O)n(-c3c(C)ccnc3C(C)C)c3nc(-c4c(F)c(O)c(Cl)c(Cl)c4F)c(Cl)cc23)CC1.C=CC(=O)N1CCN(c2c(C#N)c(=O)n(-c3c(C)ccnc3C(C)C)c3nc(-c4c(F)c(O)c(Cl)c(Cl)c4F)c(Cl)cc23)CC1.C=CC(=O)N1CCN(c2c(C#N)c(=O)n(-c3c(C)ccnc3C(C)C)c3nc(-c4c(F)c(O)c(Cl)c(F)c4F)c(Cl)cc23)CC1. The van der Waals surface area contributed by atoms with Gasteiger partial charge in [-0.2, -0.15) is 15.8 Å². The number of carbonyl (C=O) groups is 3. The van der Waals surface area contributed by atoms with E-state index >= 15 is 26.3 Å². The van der Waals surface area contributed by atoms with Crippen LogP contribution in [0.2, 0.25) is 40.2 Å². The van der Waals surface area contributed by atoms with E-state index in [9.17, 15) is 64.3 Å². The normalized spacial score (nSPS) is 13.4. The number of aromatic hydroxyl groups is 3. The van der Waals surface area contributed by atoms with Gasteiger partial charge in [-0.15, -0.1) is 0 Å². The Labute approximate surface area is 804 Å². The number of aromatic nitrogens is 9. The number of phenolic OH excluding ortho intramolecular Hbond substituents is 3. The predicted molar refractivity (Wildman–Crippen MR) is 504 cm³/mol. The first-order valence-electron chi connectivity index (χ1n) is 41.1. The minimum absolute atomic E-state index is 0.0830. The molecule has 3 aromatic carbocycles. The topological polar surface area (TPSA) is 346 Å². The number of benzene rings is 3. The van der Waals surface area contributed by atoms with Crippen molar-refractivity contribution < 1.29 is 60.4 Å². The van der Waals surface area contributed by atoms with Crippen LogP contribution in [0.5, 0.6) is 17.2 Å². The van der Waals surface area contributed by atoms with Crippen LogP contribution < -0.4 is 31.4 Å². The van der Waals surface area contributed by atoms with Crippen LogP contribution in [0.15, 0.2) is 107 Å². The van der Waals surface area contributed by atoms with E-state index in [4.69, 9.17) is 92.8 Å². The molecule has 0 saturated carbocycles. The van der Waals surface area contributed by atoms with Crippen LogP contribution in [0.3, 0.4) is 0 Å². The molecule has 3 fully saturated rings. The Hall–Kier alpha value is -13.1. The van der Waals surface area contributed by atoms with Gasteiger partial charge >= 0.3 is 0 Å². The van der Waals surface area contributed by atoms with Gasteiger partial charge < -0.3 is 44.7 Å². The second-order valence-corrected chi connectivity index (χ2v) is 35.1. The number of hydrogen-bond donors (Lipinski definition) is 3. The maximum absolute atomic E-state index is 15.5. The molecule has 12 aromatic rings. The third-order valence-electron chi connectivity index (χ3n) is 23.0. The van der Waals surface area contributed by atoms with Crippen LogP contribution >= 0.6 is 92.8 Å². The van der Waals surface area contributed by atoms with E-state index in [2.05, 4.69) is 49.6 Å². The Bertz CT molecular complexity index is 6650. The van der Waals surface area contributed by atoms with Gasteiger partial charge in [0, 0.05) is 113 Å². The highest BCUT2D eigenvalue weighted by molar-refractivity contribution is 6.44. The molecule has 135 heavy (non-hydrogen) atoms. The number of aryl methyl sites for hydroxylation is 3. The van der Waals surface area contributed by atoms with Gasteiger partial charge in [0.1, 0.15) is 66.9 Å². The molecule has 0 atom stereocenters. The molecule has 3 N–H and O–H groups in total. The average Bonchev–Trinajstić information content (AvgIpc) is 0.728. The van der Waals surface area contributed by atoms with E-state index in [1.165, 1.54) is 45.6 Å². The zero-order valence-electron chi connectivity index (χ0n) is 72.8. The van der Waals surface area contributed by atoms with E-state index in [-0.39, 0.29) is 196 Å². The van der Waals surface area contributed by atoms with Crippen molar-refractivity contribution in [1.82, 2.24) is 58.3 Å². The zero-order chi connectivity index (χ0) is 98.7. The lowest BCUT2D eigenvalue weighted by Gasteiger charge is -2.36. The van der Waals surface area contributed by atoms with Crippen LogP contribution in [0.1, 0.15) is 110 Å². The van der Waals surface area contributed by atoms with Crippen molar-refractivity contribution in [3.8, 4) is 86.3 Å². The fourth-order valence-electron chi connectivity index (χ4n) is 16.4. The average molecular weight is 2010 g/mol. The smallest absolute Gasteiger partial charge is 0.276 e. The number of piperazine rings is 3. The summed E-state index contributed by atoms with van der Waals surface area (Å²) in [5.41, 5.74) is -2.88. The molecule has 696 valence electrons. The zero-order valence-corrected chi connectivity index (χ0v) is 78.8. The summed E-state index contributed by atoms with van der Waals surface area (Å²) in [6.07, 6.45) is 8.34. The molecule has 0 radical (unpaired) electrons. The number of amides is 3. The number of hydrogen-bond acceptors (Lipinski definition) is 21. The third-order valence-corrected chi connectivity index (χ3v) is 25.9. The van der Waals surface area contributed by atoms with Crippen molar-refractivity contribution >= 4 is 161 Å². The summed E-state index contributed by atoms with van der Waals surface area (Å²) >= 11 is 49.0. The Morgan fingerprint density at radius 2 is 0.622 bits per heavy atom. The predicted octanol–water partition coefficient (Wildman–Crippen LogP) is 19.1. The highest BCUT2D eigenvalue weighted by atomic mass is 35.5. The Morgan fingerprint density at radius 1 is 0.378 bits per heavy atom. The van der Waals surface area contributed by atoms with E-state index < -0.39 is 134 Å².